The van der Waals surface area contributed by atoms with E-state index in [-0.39, 0.29) is 0 Å². The first-order valence-corrected chi connectivity index (χ1v) is 16.6. The molecule has 2 unspecified atom stereocenters. The Morgan fingerprint density at radius 2 is 0.944 bits per heavy atom. The van der Waals surface area contributed by atoms with E-state index in [4.69, 9.17) is 55.1 Å². The maximum atomic E-state index is 6.51. The minimum Gasteiger partial charge on any atom is -0.345 e. The second-order valence-electron chi connectivity index (χ2n) is 7.04. The molecule has 0 aliphatic heterocycles. The number of ether oxygens (including phenoxy) is 6. The Labute approximate surface area is 220 Å². The highest BCUT2D eigenvalue weighted by molar-refractivity contribution is 7.75. The standard InChI is InChI=1S/C21H49O12P3/c1-11-15-17-30-35(26-9,20(22-5)23-6)32-34(19(28-13-3)29-14-4)33-36(27-10,21(24-7)25-8)31-18-16-12-2/h19-21H,11-18H2,1-10H3/q+2. The lowest BCUT2D eigenvalue weighted by molar-refractivity contribution is -0.0940. The molecule has 0 saturated carbocycles. The van der Waals surface area contributed by atoms with Gasteiger partial charge in [0.1, 0.15) is 0 Å². The van der Waals surface area contributed by atoms with Crippen molar-refractivity contribution in [3.05, 3.63) is 0 Å². The first kappa shape index (κ1) is 36.8. The average Bonchev–Trinajstić information content (AvgIpc) is 2.89. The molecule has 0 aromatic heterocycles. The lowest BCUT2D eigenvalue weighted by Gasteiger charge is -2.32. The zero-order chi connectivity index (χ0) is 27.5. The lowest BCUT2D eigenvalue weighted by atomic mass is 10.4. The Morgan fingerprint density at radius 1 is 0.583 bits per heavy atom. The normalized spacial score (nSPS) is 16.6. The van der Waals surface area contributed by atoms with Crippen LogP contribution in [0.2, 0.25) is 0 Å². The summed E-state index contributed by atoms with van der Waals surface area (Å²) < 4.78 is 70.9. The molecular weight excluding hydrogens is 537 g/mol. The van der Waals surface area contributed by atoms with Gasteiger partial charge in [-0.1, -0.05) is 26.7 Å². The zero-order valence-corrected chi connectivity index (χ0v) is 26.3. The Kier molecular flexibility index (Phi) is 22.1. The molecule has 0 amide bonds. The zero-order valence-electron chi connectivity index (χ0n) is 23.6. The first-order valence-electron chi connectivity index (χ1n) is 12.1. The van der Waals surface area contributed by atoms with Gasteiger partial charge in [-0.05, 0) is 26.7 Å². The van der Waals surface area contributed by atoms with Crippen molar-refractivity contribution in [1.82, 2.24) is 0 Å². The van der Waals surface area contributed by atoms with Gasteiger partial charge < -0.3 is 28.4 Å². The van der Waals surface area contributed by atoms with E-state index < -0.39 is 42.4 Å². The summed E-state index contributed by atoms with van der Waals surface area (Å²) in [6.45, 7) is 9.16. The molecule has 0 N–H and O–H groups in total. The van der Waals surface area contributed by atoms with E-state index in [0.29, 0.717) is 26.4 Å². The van der Waals surface area contributed by atoms with E-state index in [0.717, 1.165) is 25.7 Å². The van der Waals surface area contributed by atoms with Crippen molar-refractivity contribution in [3.63, 3.8) is 0 Å². The second kappa shape index (κ2) is 21.6. The van der Waals surface area contributed by atoms with Crippen LogP contribution in [-0.2, 0) is 55.1 Å². The van der Waals surface area contributed by atoms with Gasteiger partial charge in [-0.2, -0.15) is 18.1 Å². The Balaban J connectivity index is 6.56. The van der Waals surface area contributed by atoms with Crippen LogP contribution in [0.25, 0.3) is 0 Å². The summed E-state index contributed by atoms with van der Waals surface area (Å²) in [4.78, 5) is 0. The SMILES string of the molecule is CCCCO[P+](OC)(OP(O[P+](OC)(OCCCC)C(OC)OC)C(OCC)OCC)C(OC)OC. The van der Waals surface area contributed by atoms with Gasteiger partial charge in [0.2, 0.25) is 6.03 Å². The summed E-state index contributed by atoms with van der Waals surface area (Å²) in [5, 5.41) is 0. The largest absolute Gasteiger partial charge is 0.479 e. The van der Waals surface area contributed by atoms with Gasteiger partial charge in [-0.25, -0.2) is 0 Å². The van der Waals surface area contributed by atoms with Crippen LogP contribution in [0.15, 0.2) is 0 Å². The summed E-state index contributed by atoms with van der Waals surface area (Å²) in [6, 6.07) is -2.87. The van der Waals surface area contributed by atoms with Crippen molar-refractivity contribution < 1.29 is 55.1 Å². The van der Waals surface area contributed by atoms with Crippen LogP contribution in [0.4, 0.5) is 0 Å². The van der Waals surface area contributed by atoms with E-state index in [2.05, 4.69) is 13.8 Å². The van der Waals surface area contributed by atoms with Crippen molar-refractivity contribution in [3.8, 4) is 0 Å². The van der Waals surface area contributed by atoms with Crippen LogP contribution in [0.3, 0.4) is 0 Å². The van der Waals surface area contributed by atoms with E-state index in [1.807, 2.05) is 13.8 Å². The van der Waals surface area contributed by atoms with Crippen LogP contribution in [0.1, 0.15) is 53.4 Å². The Morgan fingerprint density at radius 3 is 1.19 bits per heavy atom. The van der Waals surface area contributed by atoms with E-state index in [9.17, 15) is 0 Å². The maximum Gasteiger partial charge on any atom is 0.479 e. The molecule has 2 atom stereocenters. The summed E-state index contributed by atoms with van der Waals surface area (Å²) >= 11 is 0. The van der Waals surface area contributed by atoms with E-state index in [1.165, 1.54) is 42.7 Å². The molecule has 0 aromatic rings. The van der Waals surface area contributed by atoms with Crippen molar-refractivity contribution in [2.24, 2.45) is 0 Å². The van der Waals surface area contributed by atoms with Crippen molar-refractivity contribution in [2.45, 2.75) is 71.5 Å². The third kappa shape index (κ3) is 11.5. The Bertz CT molecular complexity index is 477. The summed E-state index contributed by atoms with van der Waals surface area (Å²) in [5.41, 5.74) is 0. The van der Waals surface area contributed by atoms with Gasteiger partial charge in [0, 0.05) is 41.7 Å². The number of methoxy groups -OCH3 is 4. The van der Waals surface area contributed by atoms with Gasteiger partial charge in [0.15, 0.2) is 0 Å². The fourth-order valence-electron chi connectivity index (χ4n) is 2.74. The molecule has 0 bridgehead atoms. The third-order valence-corrected chi connectivity index (χ3v) is 12.3. The lowest BCUT2D eigenvalue weighted by Crippen LogP contribution is -2.28. The predicted molar refractivity (Wildman–Crippen MR) is 141 cm³/mol. The fourth-order valence-corrected chi connectivity index (χ4v) is 10.2. The monoisotopic (exact) mass is 586 g/mol. The molecule has 0 rings (SSSR count). The first-order chi connectivity index (χ1) is 17.4. The summed E-state index contributed by atoms with van der Waals surface area (Å²) in [7, 11) is 0.0861. The van der Waals surface area contributed by atoms with Gasteiger partial charge in [-0.15, -0.1) is 8.62 Å². The van der Waals surface area contributed by atoms with Gasteiger partial charge in [0.05, 0.1) is 27.4 Å². The molecule has 36 heavy (non-hydrogen) atoms. The van der Waals surface area contributed by atoms with Crippen molar-refractivity contribution >= 4 is 24.3 Å². The minimum absolute atomic E-state index is 0.330. The van der Waals surface area contributed by atoms with Gasteiger partial charge in [0.25, 0.3) is 0 Å². The quantitative estimate of drug-likeness (QED) is 0.0681. The number of hydrogen-bond acceptors (Lipinski definition) is 12. The smallest absolute Gasteiger partial charge is 0.345 e. The average molecular weight is 587 g/mol. The molecule has 0 heterocycles. The molecule has 0 fully saturated rings. The highest BCUT2D eigenvalue weighted by atomic mass is 31.3. The minimum atomic E-state index is -3.33. The predicted octanol–water partition coefficient (Wildman–Crippen LogP) is 6.29. The summed E-state index contributed by atoms with van der Waals surface area (Å²) in [6.07, 6.45) is 3.37. The van der Waals surface area contributed by atoms with E-state index in [1.54, 1.807) is 0 Å². The van der Waals surface area contributed by atoms with Gasteiger partial charge in [-0.3, -0.25) is 0 Å². The molecule has 218 valence electrons. The molecule has 0 saturated heterocycles. The third-order valence-electron chi connectivity index (χ3n) is 4.55. The highest BCUT2D eigenvalue weighted by Gasteiger charge is 2.65. The van der Waals surface area contributed by atoms with Crippen molar-refractivity contribution in [2.75, 3.05) is 69.1 Å². The number of unbranched alkanes of at least 4 members (excludes halogenated alkanes) is 2. The van der Waals surface area contributed by atoms with E-state index >= 15 is 0 Å². The van der Waals surface area contributed by atoms with Crippen LogP contribution >= 0.6 is 24.3 Å². The molecule has 15 heteroatoms. The number of hydrogen-bond donors (Lipinski definition) is 0. The molecule has 0 radical (unpaired) electrons. The topological polar surface area (TPSA) is 111 Å². The maximum absolute atomic E-state index is 6.51. The Hall–Kier alpha value is 0.810. The van der Waals surface area contributed by atoms with Crippen LogP contribution in [0.5, 0.6) is 0 Å². The second-order valence-corrected chi connectivity index (χ2v) is 13.6. The van der Waals surface area contributed by atoms with Crippen LogP contribution in [0, 0.1) is 0 Å². The molecular formula is C21H49O12P3+2. The fraction of sp³-hybridized carbons (Fsp3) is 1.00. The van der Waals surface area contributed by atoms with Crippen LogP contribution < -0.4 is 0 Å². The molecule has 0 aliphatic carbocycles. The molecule has 0 aliphatic rings. The van der Waals surface area contributed by atoms with Crippen molar-refractivity contribution in [1.29, 1.82) is 0 Å². The molecule has 0 spiro atoms. The summed E-state index contributed by atoms with van der Waals surface area (Å²) in [5.74, 6) is 0. The van der Waals surface area contributed by atoms with Gasteiger partial charge >= 0.3 is 36.3 Å². The highest BCUT2D eigenvalue weighted by Crippen LogP contribution is 2.80. The molecule has 12 nitrogen and oxygen atoms in total. The number of rotatable bonds is 25. The van der Waals surface area contributed by atoms with Crippen LogP contribution in [-0.4, -0.2) is 87.2 Å². The molecule has 0 aromatic carbocycles.